The van der Waals surface area contributed by atoms with E-state index in [0.717, 1.165) is 26.1 Å². The normalized spacial score (nSPS) is 32.6. The second-order valence-corrected chi connectivity index (χ2v) is 5.70. The van der Waals surface area contributed by atoms with Gasteiger partial charge in [0.05, 0.1) is 11.7 Å². The summed E-state index contributed by atoms with van der Waals surface area (Å²) in [6, 6.07) is -0.0814. The largest absolute Gasteiger partial charge is 0.346 e. The molecule has 1 aromatic heterocycles. The standard InChI is InChI=1S/C12H20N6O/c1-9-5-17(11(19)18-8-14-7-15-18)12(9)3-4-16(6-12)10(2)13/h7-10H,3-6,13H2,1-2H3. The molecule has 3 rings (SSSR count). The average Bonchev–Trinajstić information content (AvgIpc) is 3.04. The summed E-state index contributed by atoms with van der Waals surface area (Å²) >= 11 is 0. The van der Waals surface area contributed by atoms with Gasteiger partial charge in [0.25, 0.3) is 0 Å². The molecule has 0 aromatic carbocycles. The maximum atomic E-state index is 12.4. The summed E-state index contributed by atoms with van der Waals surface area (Å²) in [6.07, 6.45) is 3.86. The number of hydrogen-bond acceptors (Lipinski definition) is 5. The zero-order valence-corrected chi connectivity index (χ0v) is 11.4. The summed E-state index contributed by atoms with van der Waals surface area (Å²) in [5.41, 5.74) is 5.88. The zero-order valence-electron chi connectivity index (χ0n) is 11.4. The summed E-state index contributed by atoms with van der Waals surface area (Å²) in [7, 11) is 0. The first-order chi connectivity index (χ1) is 9.04. The molecule has 104 valence electrons. The van der Waals surface area contributed by atoms with Crippen molar-refractivity contribution in [2.75, 3.05) is 19.6 Å². The molecule has 3 heterocycles. The fraction of sp³-hybridized carbons (Fsp3) is 0.750. The Balaban J connectivity index is 1.79. The van der Waals surface area contributed by atoms with Gasteiger partial charge in [-0.1, -0.05) is 6.92 Å². The molecule has 1 amide bonds. The van der Waals surface area contributed by atoms with Crippen LogP contribution in [0.1, 0.15) is 20.3 Å². The van der Waals surface area contributed by atoms with Crippen LogP contribution in [0.2, 0.25) is 0 Å². The maximum absolute atomic E-state index is 12.4. The van der Waals surface area contributed by atoms with Crippen molar-refractivity contribution in [2.24, 2.45) is 11.7 Å². The fourth-order valence-electron chi connectivity index (χ4n) is 3.30. The Labute approximate surface area is 112 Å². The number of aromatic nitrogens is 3. The Bertz CT molecular complexity index is 473. The molecule has 7 heteroatoms. The molecular weight excluding hydrogens is 244 g/mol. The van der Waals surface area contributed by atoms with Crippen LogP contribution in [0.5, 0.6) is 0 Å². The van der Waals surface area contributed by atoms with Crippen molar-refractivity contribution < 1.29 is 4.79 Å². The summed E-state index contributed by atoms with van der Waals surface area (Å²) in [6.45, 7) is 6.78. The molecule has 2 saturated heterocycles. The molecule has 2 N–H and O–H groups in total. The Morgan fingerprint density at radius 2 is 2.37 bits per heavy atom. The molecule has 1 spiro atoms. The van der Waals surface area contributed by atoms with Crippen LogP contribution in [0.3, 0.4) is 0 Å². The van der Waals surface area contributed by atoms with Gasteiger partial charge < -0.3 is 10.6 Å². The Morgan fingerprint density at radius 1 is 1.58 bits per heavy atom. The van der Waals surface area contributed by atoms with Crippen LogP contribution < -0.4 is 5.73 Å². The van der Waals surface area contributed by atoms with E-state index < -0.39 is 0 Å². The third-order valence-corrected chi connectivity index (χ3v) is 4.64. The highest BCUT2D eigenvalue weighted by Crippen LogP contribution is 2.44. The summed E-state index contributed by atoms with van der Waals surface area (Å²) in [5, 5.41) is 3.93. The molecule has 2 fully saturated rings. The number of carbonyl (C=O) groups excluding carboxylic acids is 1. The lowest BCUT2D eigenvalue weighted by Gasteiger charge is -2.55. The third-order valence-electron chi connectivity index (χ3n) is 4.64. The minimum Gasteiger partial charge on any atom is -0.316 e. The second kappa shape index (κ2) is 4.28. The van der Waals surface area contributed by atoms with Gasteiger partial charge in [-0.25, -0.2) is 9.78 Å². The van der Waals surface area contributed by atoms with E-state index in [4.69, 9.17) is 5.73 Å². The number of likely N-dealkylation sites (tertiary alicyclic amines) is 2. The number of carbonyl (C=O) groups is 1. The average molecular weight is 264 g/mol. The van der Waals surface area contributed by atoms with Gasteiger partial charge in [0.15, 0.2) is 0 Å². The van der Waals surface area contributed by atoms with Crippen LogP contribution in [0.15, 0.2) is 12.7 Å². The fourth-order valence-corrected chi connectivity index (χ4v) is 3.30. The lowest BCUT2D eigenvalue weighted by molar-refractivity contribution is -0.0306. The van der Waals surface area contributed by atoms with Gasteiger partial charge in [-0.2, -0.15) is 9.78 Å². The first-order valence-corrected chi connectivity index (χ1v) is 6.71. The maximum Gasteiger partial charge on any atom is 0.346 e. The van der Waals surface area contributed by atoms with Crippen LogP contribution in [0, 0.1) is 5.92 Å². The van der Waals surface area contributed by atoms with Crippen molar-refractivity contribution in [2.45, 2.75) is 32.0 Å². The van der Waals surface area contributed by atoms with E-state index in [-0.39, 0.29) is 17.7 Å². The first kappa shape index (κ1) is 12.6. The minimum atomic E-state index is -0.0814. The lowest BCUT2D eigenvalue weighted by atomic mass is 9.74. The monoisotopic (exact) mass is 264 g/mol. The van der Waals surface area contributed by atoms with Gasteiger partial charge in [0.2, 0.25) is 0 Å². The van der Waals surface area contributed by atoms with E-state index in [1.54, 1.807) is 0 Å². The lowest BCUT2D eigenvalue weighted by Crippen LogP contribution is -2.70. The van der Waals surface area contributed by atoms with E-state index in [2.05, 4.69) is 21.9 Å². The Hall–Kier alpha value is -1.47. The molecule has 0 radical (unpaired) electrons. The highest BCUT2D eigenvalue weighted by Gasteiger charge is 2.57. The highest BCUT2D eigenvalue weighted by atomic mass is 16.2. The molecule has 0 saturated carbocycles. The van der Waals surface area contributed by atoms with E-state index >= 15 is 0 Å². The number of nitrogens with two attached hydrogens (primary N) is 1. The SMILES string of the molecule is CC(N)N1CCC2(C1)C(C)CN2C(=O)n1cncn1. The van der Waals surface area contributed by atoms with Crippen LogP contribution >= 0.6 is 0 Å². The summed E-state index contributed by atoms with van der Waals surface area (Å²) in [4.78, 5) is 20.4. The summed E-state index contributed by atoms with van der Waals surface area (Å²) < 4.78 is 1.31. The van der Waals surface area contributed by atoms with Crippen LogP contribution in [-0.4, -0.2) is 61.9 Å². The molecule has 7 nitrogen and oxygen atoms in total. The molecular formula is C12H20N6O. The molecule has 1 aromatic rings. The molecule has 3 unspecified atom stereocenters. The van der Waals surface area contributed by atoms with E-state index in [9.17, 15) is 4.79 Å². The molecule has 0 aliphatic carbocycles. The Morgan fingerprint density at radius 3 is 2.89 bits per heavy atom. The van der Waals surface area contributed by atoms with Gasteiger partial charge in [0, 0.05) is 19.6 Å². The Kier molecular flexibility index (Phi) is 2.83. The van der Waals surface area contributed by atoms with Gasteiger partial charge in [-0.15, -0.1) is 0 Å². The smallest absolute Gasteiger partial charge is 0.316 e. The van der Waals surface area contributed by atoms with Gasteiger partial charge in [-0.05, 0) is 19.3 Å². The number of amides is 1. The van der Waals surface area contributed by atoms with Crippen molar-refractivity contribution in [1.29, 1.82) is 0 Å². The molecule has 19 heavy (non-hydrogen) atoms. The van der Waals surface area contributed by atoms with E-state index in [0.29, 0.717) is 5.92 Å². The predicted molar refractivity (Wildman–Crippen MR) is 69.3 cm³/mol. The van der Waals surface area contributed by atoms with Crippen molar-refractivity contribution >= 4 is 6.03 Å². The van der Waals surface area contributed by atoms with Crippen LogP contribution in [0.4, 0.5) is 4.79 Å². The first-order valence-electron chi connectivity index (χ1n) is 6.71. The molecule has 3 atom stereocenters. The van der Waals surface area contributed by atoms with E-state index in [1.807, 2.05) is 11.8 Å². The quantitative estimate of drug-likeness (QED) is 0.769. The highest BCUT2D eigenvalue weighted by molar-refractivity contribution is 5.77. The van der Waals surface area contributed by atoms with Crippen molar-refractivity contribution in [3.05, 3.63) is 12.7 Å². The van der Waals surface area contributed by atoms with Gasteiger partial charge in [-0.3, -0.25) is 4.90 Å². The van der Waals surface area contributed by atoms with Crippen molar-refractivity contribution in [1.82, 2.24) is 24.6 Å². The van der Waals surface area contributed by atoms with Gasteiger partial charge in [0.1, 0.15) is 12.7 Å². The predicted octanol–water partition coefficient (Wildman–Crippen LogP) is -0.0529. The number of hydrogen-bond donors (Lipinski definition) is 1. The molecule has 2 aliphatic rings. The second-order valence-electron chi connectivity index (χ2n) is 5.70. The number of nitrogens with zero attached hydrogens (tertiary/aromatic N) is 5. The number of rotatable bonds is 1. The van der Waals surface area contributed by atoms with Crippen LogP contribution in [-0.2, 0) is 0 Å². The molecule has 0 bridgehead atoms. The topological polar surface area (TPSA) is 80.3 Å². The third kappa shape index (κ3) is 1.76. The molecule has 2 aliphatic heterocycles. The zero-order chi connectivity index (χ0) is 13.6. The van der Waals surface area contributed by atoms with Crippen molar-refractivity contribution in [3.8, 4) is 0 Å². The summed E-state index contributed by atoms with van der Waals surface area (Å²) in [5.74, 6) is 0.503. The van der Waals surface area contributed by atoms with E-state index in [1.165, 1.54) is 17.3 Å². The van der Waals surface area contributed by atoms with Crippen molar-refractivity contribution in [3.63, 3.8) is 0 Å². The van der Waals surface area contributed by atoms with Gasteiger partial charge >= 0.3 is 6.03 Å². The minimum absolute atomic E-state index is 0.0375. The van der Waals surface area contributed by atoms with Crippen LogP contribution in [0.25, 0.3) is 0 Å².